The van der Waals surface area contributed by atoms with Gasteiger partial charge in [-0.15, -0.1) is 0 Å². The average Bonchev–Trinajstić information content (AvgIpc) is 2.83. The molecule has 0 aliphatic carbocycles. The van der Waals surface area contributed by atoms with Gasteiger partial charge in [0.05, 0.1) is 6.26 Å². The second-order valence-corrected chi connectivity index (χ2v) is 5.95. The molecule has 0 saturated heterocycles. The van der Waals surface area contributed by atoms with Crippen molar-refractivity contribution in [2.45, 2.75) is 45.7 Å². The average molecular weight is 275 g/mol. The highest BCUT2D eigenvalue weighted by Crippen LogP contribution is 2.12. The molecular formula is C15H21N3O2. The van der Waals surface area contributed by atoms with Gasteiger partial charge in [0.25, 0.3) is 5.56 Å². The van der Waals surface area contributed by atoms with Crippen LogP contribution in [0, 0.1) is 0 Å². The van der Waals surface area contributed by atoms with Crippen LogP contribution in [0.3, 0.4) is 0 Å². The van der Waals surface area contributed by atoms with E-state index in [0.29, 0.717) is 12.2 Å². The third-order valence-electron chi connectivity index (χ3n) is 3.03. The zero-order valence-corrected chi connectivity index (χ0v) is 12.4. The predicted molar refractivity (Wildman–Crippen MR) is 79.0 cm³/mol. The summed E-state index contributed by atoms with van der Waals surface area (Å²) in [5.41, 5.74) is -0.368. The fourth-order valence-corrected chi connectivity index (χ4v) is 2.05. The Balaban J connectivity index is 2.16. The van der Waals surface area contributed by atoms with E-state index in [2.05, 4.69) is 10.3 Å². The summed E-state index contributed by atoms with van der Waals surface area (Å²) < 4.78 is 6.99. The van der Waals surface area contributed by atoms with E-state index >= 15 is 0 Å². The molecule has 2 heterocycles. The van der Waals surface area contributed by atoms with Gasteiger partial charge in [0, 0.05) is 30.4 Å². The molecule has 0 saturated carbocycles. The maximum absolute atomic E-state index is 12.4. The van der Waals surface area contributed by atoms with E-state index in [1.54, 1.807) is 23.2 Å². The maximum Gasteiger partial charge on any atom is 0.293 e. The van der Waals surface area contributed by atoms with Crippen molar-refractivity contribution < 1.29 is 4.42 Å². The Morgan fingerprint density at radius 3 is 2.80 bits per heavy atom. The lowest BCUT2D eigenvalue weighted by Gasteiger charge is -2.23. The van der Waals surface area contributed by atoms with Crippen molar-refractivity contribution in [3.63, 3.8) is 0 Å². The summed E-state index contributed by atoms with van der Waals surface area (Å²) in [5.74, 6) is 1.26. The number of nitrogens with zero attached hydrogens (tertiary/aromatic N) is 2. The smallest absolute Gasteiger partial charge is 0.293 e. The summed E-state index contributed by atoms with van der Waals surface area (Å²) in [6.45, 7) is 7.97. The number of rotatable bonds is 4. The third kappa shape index (κ3) is 3.29. The zero-order chi connectivity index (χ0) is 14.8. The first-order valence-electron chi connectivity index (χ1n) is 6.75. The van der Waals surface area contributed by atoms with E-state index < -0.39 is 0 Å². The van der Waals surface area contributed by atoms with Crippen LogP contribution < -0.4 is 10.9 Å². The SMILES string of the molecule is CC(Cc1ccco1)Nc1nccn(C(C)(C)C)c1=O. The van der Waals surface area contributed by atoms with Gasteiger partial charge in [-0.2, -0.15) is 0 Å². The lowest BCUT2D eigenvalue weighted by Crippen LogP contribution is -2.36. The Morgan fingerprint density at radius 2 is 2.20 bits per heavy atom. The summed E-state index contributed by atoms with van der Waals surface area (Å²) in [6.07, 6.45) is 5.72. The summed E-state index contributed by atoms with van der Waals surface area (Å²) in [5, 5.41) is 3.16. The van der Waals surface area contributed by atoms with Gasteiger partial charge in [-0.1, -0.05) is 0 Å². The van der Waals surface area contributed by atoms with Crippen LogP contribution in [0.4, 0.5) is 5.82 Å². The van der Waals surface area contributed by atoms with Crippen LogP contribution in [0.1, 0.15) is 33.5 Å². The molecule has 1 atom stereocenters. The number of furan rings is 1. The highest BCUT2D eigenvalue weighted by molar-refractivity contribution is 5.32. The minimum Gasteiger partial charge on any atom is -0.469 e. The van der Waals surface area contributed by atoms with Crippen molar-refractivity contribution in [1.29, 1.82) is 0 Å². The van der Waals surface area contributed by atoms with Crippen molar-refractivity contribution in [3.8, 4) is 0 Å². The van der Waals surface area contributed by atoms with Crippen LogP contribution in [0.5, 0.6) is 0 Å². The van der Waals surface area contributed by atoms with Crippen LogP contribution >= 0.6 is 0 Å². The molecule has 0 spiro atoms. The highest BCUT2D eigenvalue weighted by Gasteiger charge is 2.17. The third-order valence-corrected chi connectivity index (χ3v) is 3.03. The van der Waals surface area contributed by atoms with E-state index in [-0.39, 0.29) is 17.1 Å². The van der Waals surface area contributed by atoms with Crippen LogP contribution in [-0.2, 0) is 12.0 Å². The standard InChI is InChI=1S/C15H21N3O2/c1-11(10-12-6-5-9-20-12)17-13-14(19)18(8-7-16-13)15(2,3)4/h5-9,11H,10H2,1-4H3,(H,16,17). The van der Waals surface area contributed by atoms with Crippen molar-refractivity contribution in [3.05, 3.63) is 46.9 Å². The van der Waals surface area contributed by atoms with E-state index in [4.69, 9.17) is 4.42 Å². The minimum atomic E-state index is -0.263. The largest absolute Gasteiger partial charge is 0.469 e. The van der Waals surface area contributed by atoms with Crippen LogP contribution in [-0.4, -0.2) is 15.6 Å². The molecule has 0 bridgehead atoms. The summed E-state index contributed by atoms with van der Waals surface area (Å²) in [4.78, 5) is 16.5. The predicted octanol–water partition coefficient (Wildman–Crippen LogP) is 2.63. The Bertz CT molecular complexity index is 609. The maximum atomic E-state index is 12.4. The van der Waals surface area contributed by atoms with E-state index in [9.17, 15) is 4.79 Å². The number of hydrogen-bond acceptors (Lipinski definition) is 4. The first kappa shape index (κ1) is 14.4. The van der Waals surface area contributed by atoms with Gasteiger partial charge in [0.2, 0.25) is 0 Å². The Labute approximate surface area is 118 Å². The molecule has 5 nitrogen and oxygen atoms in total. The zero-order valence-electron chi connectivity index (χ0n) is 12.4. The van der Waals surface area contributed by atoms with Gasteiger partial charge in [0.15, 0.2) is 5.82 Å². The number of nitrogens with one attached hydrogen (secondary N) is 1. The topological polar surface area (TPSA) is 60.1 Å². The van der Waals surface area contributed by atoms with E-state index in [0.717, 1.165) is 5.76 Å². The second-order valence-electron chi connectivity index (χ2n) is 5.95. The molecule has 0 aromatic carbocycles. The molecule has 2 rings (SSSR count). The molecule has 0 radical (unpaired) electrons. The number of aromatic nitrogens is 2. The normalized spacial score (nSPS) is 13.2. The van der Waals surface area contributed by atoms with E-state index in [1.807, 2.05) is 39.8 Å². The quantitative estimate of drug-likeness (QED) is 0.931. The molecule has 5 heteroatoms. The van der Waals surface area contributed by atoms with Gasteiger partial charge in [-0.25, -0.2) is 4.98 Å². The summed E-state index contributed by atoms with van der Waals surface area (Å²) in [6, 6.07) is 3.84. The Hall–Kier alpha value is -2.04. The molecule has 1 unspecified atom stereocenters. The Kier molecular flexibility index (Phi) is 3.97. The van der Waals surface area contributed by atoms with Gasteiger partial charge in [0.1, 0.15) is 5.76 Å². The van der Waals surface area contributed by atoms with Crippen molar-refractivity contribution in [2.75, 3.05) is 5.32 Å². The first-order valence-corrected chi connectivity index (χ1v) is 6.75. The first-order chi connectivity index (χ1) is 9.38. The lowest BCUT2D eigenvalue weighted by molar-refractivity contribution is 0.383. The van der Waals surface area contributed by atoms with Crippen molar-refractivity contribution >= 4 is 5.82 Å². The monoisotopic (exact) mass is 275 g/mol. The molecule has 1 N–H and O–H groups in total. The molecule has 0 aliphatic heterocycles. The van der Waals surface area contributed by atoms with Gasteiger partial charge in [-0.3, -0.25) is 4.79 Å². The van der Waals surface area contributed by atoms with Crippen molar-refractivity contribution in [1.82, 2.24) is 9.55 Å². The molecule has 2 aromatic heterocycles. The van der Waals surface area contributed by atoms with Gasteiger partial charge >= 0.3 is 0 Å². The van der Waals surface area contributed by atoms with Crippen LogP contribution in [0.2, 0.25) is 0 Å². The van der Waals surface area contributed by atoms with Gasteiger partial charge in [-0.05, 0) is 39.8 Å². The summed E-state index contributed by atoms with van der Waals surface area (Å²) >= 11 is 0. The molecule has 108 valence electrons. The van der Waals surface area contributed by atoms with E-state index in [1.165, 1.54) is 0 Å². The second kappa shape index (κ2) is 5.53. The fourth-order valence-electron chi connectivity index (χ4n) is 2.05. The van der Waals surface area contributed by atoms with Crippen LogP contribution in [0.15, 0.2) is 40.0 Å². The lowest BCUT2D eigenvalue weighted by atomic mass is 10.1. The highest BCUT2D eigenvalue weighted by atomic mass is 16.3. The molecule has 0 amide bonds. The molecular weight excluding hydrogens is 254 g/mol. The fraction of sp³-hybridized carbons (Fsp3) is 0.467. The number of anilines is 1. The minimum absolute atomic E-state index is 0.0668. The van der Waals surface area contributed by atoms with Crippen LogP contribution in [0.25, 0.3) is 0 Å². The Morgan fingerprint density at radius 1 is 1.45 bits per heavy atom. The summed E-state index contributed by atoms with van der Waals surface area (Å²) in [7, 11) is 0. The molecule has 20 heavy (non-hydrogen) atoms. The van der Waals surface area contributed by atoms with Crippen molar-refractivity contribution in [2.24, 2.45) is 0 Å². The van der Waals surface area contributed by atoms with Gasteiger partial charge < -0.3 is 14.3 Å². The molecule has 0 fully saturated rings. The molecule has 0 aliphatic rings. The molecule has 2 aromatic rings. The number of hydrogen-bond donors (Lipinski definition) is 1.